The van der Waals surface area contributed by atoms with Gasteiger partial charge in [0.15, 0.2) is 0 Å². The monoisotopic (exact) mass is 417 g/mol. The second-order valence-corrected chi connectivity index (χ2v) is 8.80. The van der Waals surface area contributed by atoms with E-state index in [0.717, 1.165) is 62.4 Å². The van der Waals surface area contributed by atoms with E-state index in [2.05, 4.69) is 56.6 Å². The topological polar surface area (TPSA) is 28.6 Å². The molecule has 2 aromatic heterocycles. The van der Waals surface area contributed by atoms with Crippen LogP contribution in [-0.2, 0) is 0 Å². The average molecular weight is 418 g/mol. The van der Waals surface area contributed by atoms with Crippen LogP contribution in [0.1, 0.15) is 12.8 Å². The van der Waals surface area contributed by atoms with Crippen LogP contribution in [0.2, 0.25) is 0 Å². The summed E-state index contributed by atoms with van der Waals surface area (Å²) in [6.07, 6.45) is 4.08. The number of fused-ring (bicyclic) bond motifs is 2. The second-order valence-electron chi connectivity index (χ2n) is 7.85. The summed E-state index contributed by atoms with van der Waals surface area (Å²) in [6, 6.07) is 19.1. The fraction of sp³-hybridized carbons (Fsp3) is 0.320. The highest BCUT2D eigenvalue weighted by Crippen LogP contribution is 2.31. The van der Waals surface area contributed by atoms with E-state index in [9.17, 15) is 0 Å². The lowest BCUT2D eigenvalue weighted by Gasteiger charge is -2.36. The highest BCUT2D eigenvalue weighted by atomic mass is 32.1. The molecule has 0 N–H and O–H groups in total. The van der Waals surface area contributed by atoms with Gasteiger partial charge in [0.1, 0.15) is 5.75 Å². The fourth-order valence-corrected chi connectivity index (χ4v) is 5.04. The lowest BCUT2D eigenvalue weighted by atomic mass is 10.2. The number of aromatic nitrogens is 1. The van der Waals surface area contributed by atoms with Crippen LogP contribution < -0.4 is 9.64 Å². The van der Waals surface area contributed by atoms with Crippen molar-refractivity contribution in [2.45, 2.75) is 12.8 Å². The van der Waals surface area contributed by atoms with Crippen molar-refractivity contribution in [3.05, 3.63) is 66.2 Å². The molecule has 4 aromatic rings. The minimum Gasteiger partial charge on any atom is -0.494 e. The molecule has 154 valence electrons. The van der Waals surface area contributed by atoms with Gasteiger partial charge in [0.25, 0.3) is 0 Å². The average Bonchev–Trinajstić information content (AvgIpc) is 3.28. The Hall–Kier alpha value is -2.63. The van der Waals surface area contributed by atoms with Gasteiger partial charge in [-0.05, 0) is 67.2 Å². The normalized spacial score (nSPS) is 15.1. The third-order valence-corrected chi connectivity index (χ3v) is 6.78. The molecule has 1 saturated heterocycles. The number of unbranched alkanes of at least 4 members (excludes halogenated alkanes) is 1. The molecule has 0 atom stereocenters. The van der Waals surface area contributed by atoms with Gasteiger partial charge in [-0.15, -0.1) is 11.3 Å². The van der Waals surface area contributed by atoms with Crippen LogP contribution in [0.15, 0.2) is 66.2 Å². The zero-order valence-electron chi connectivity index (χ0n) is 17.2. The van der Waals surface area contributed by atoms with Crippen molar-refractivity contribution in [3.63, 3.8) is 0 Å². The minimum absolute atomic E-state index is 0.770. The number of hydrogen-bond acceptors (Lipinski definition) is 5. The van der Waals surface area contributed by atoms with E-state index in [1.54, 1.807) is 0 Å². The van der Waals surface area contributed by atoms with E-state index >= 15 is 0 Å². The molecule has 1 fully saturated rings. The molecule has 0 amide bonds. The van der Waals surface area contributed by atoms with Crippen molar-refractivity contribution in [2.75, 3.05) is 44.2 Å². The van der Waals surface area contributed by atoms with Crippen molar-refractivity contribution in [2.24, 2.45) is 0 Å². The Morgan fingerprint density at radius 3 is 2.80 bits per heavy atom. The highest BCUT2D eigenvalue weighted by molar-refractivity contribution is 7.17. The molecule has 0 aliphatic carbocycles. The van der Waals surface area contributed by atoms with E-state index < -0.39 is 0 Å². The smallest absolute Gasteiger partial charge is 0.120 e. The first-order chi connectivity index (χ1) is 14.9. The standard InChI is InChI=1S/C25H27N3OS/c1(2-17-29-21-8-9-23-20(19-21)5-4-11-26-23)12-27-13-15-28(16-14-27)24-6-3-7-25-22(24)10-18-30-25/h3-11,18-19H,1-2,12-17H2. The molecule has 1 aliphatic heterocycles. The first-order valence-electron chi connectivity index (χ1n) is 10.8. The molecule has 5 heteroatoms. The molecule has 0 unspecified atom stereocenters. The molecule has 0 spiro atoms. The number of nitrogens with zero attached hydrogens (tertiary/aromatic N) is 3. The summed E-state index contributed by atoms with van der Waals surface area (Å²) < 4.78 is 7.34. The lowest BCUT2D eigenvalue weighted by molar-refractivity contribution is 0.239. The van der Waals surface area contributed by atoms with Gasteiger partial charge in [-0.3, -0.25) is 9.88 Å². The molecular formula is C25H27N3OS. The molecule has 0 bridgehead atoms. The van der Waals surface area contributed by atoms with Gasteiger partial charge in [-0.25, -0.2) is 0 Å². The van der Waals surface area contributed by atoms with Crippen LogP contribution in [0.25, 0.3) is 21.0 Å². The van der Waals surface area contributed by atoms with Crippen LogP contribution in [0.5, 0.6) is 5.75 Å². The minimum atomic E-state index is 0.770. The Morgan fingerprint density at radius 1 is 0.933 bits per heavy atom. The van der Waals surface area contributed by atoms with Crippen LogP contribution in [0.3, 0.4) is 0 Å². The summed E-state index contributed by atoms with van der Waals surface area (Å²) in [5.41, 5.74) is 2.41. The number of pyridine rings is 1. The maximum Gasteiger partial charge on any atom is 0.120 e. The molecule has 4 nitrogen and oxygen atoms in total. The van der Waals surface area contributed by atoms with Crippen molar-refractivity contribution in [1.82, 2.24) is 9.88 Å². The van der Waals surface area contributed by atoms with Gasteiger partial charge < -0.3 is 9.64 Å². The second kappa shape index (κ2) is 9.02. The van der Waals surface area contributed by atoms with E-state index in [0.29, 0.717) is 0 Å². The largest absolute Gasteiger partial charge is 0.494 e. The Labute approximate surface area is 181 Å². The molecule has 3 heterocycles. The quantitative estimate of drug-likeness (QED) is 0.375. The number of ether oxygens (including phenoxy) is 1. The Balaban J connectivity index is 1.05. The van der Waals surface area contributed by atoms with Crippen molar-refractivity contribution >= 4 is 38.0 Å². The van der Waals surface area contributed by atoms with Crippen LogP contribution in [0, 0.1) is 0 Å². The molecule has 0 radical (unpaired) electrons. The summed E-state index contributed by atoms with van der Waals surface area (Å²) >= 11 is 1.83. The summed E-state index contributed by atoms with van der Waals surface area (Å²) in [6.45, 7) is 6.42. The summed E-state index contributed by atoms with van der Waals surface area (Å²) in [5.74, 6) is 0.937. The predicted octanol–water partition coefficient (Wildman–Crippen LogP) is 5.43. The highest BCUT2D eigenvalue weighted by Gasteiger charge is 2.18. The fourth-order valence-electron chi connectivity index (χ4n) is 4.24. The Kier molecular flexibility index (Phi) is 5.82. The summed E-state index contributed by atoms with van der Waals surface area (Å²) in [7, 11) is 0. The van der Waals surface area contributed by atoms with Gasteiger partial charge in [0, 0.05) is 53.5 Å². The van der Waals surface area contributed by atoms with Crippen LogP contribution in [0.4, 0.5) is 5.69 Å². The van der Waals surface area contributed by atoms with Gasteiger partial charge in [-0.1, -0.05) is 12.1 Å². The van der Waals surface area contributed by atoms with Crippen molar-refractivity contribution in [1.29, 1.82) is 0 Å². The van der Waals surface area contributed by atoms with Crippen LogP contribution in [-0.4, -0.2) is 49.2 Å². The Morgan fingerprint density at radius 2 is 1.87 bits per heavy atom. The number of anilines is 1. The zero-order valence-corrected chi connectivity index (χ0v) is 18.0. The van der Waals surface area contributed by atoms with E-state index in [-0.39, 0.29) is 0 Å². The van der Waals surface area contributed by atoms with Gasteiger partial charge in [-0.2, -0.15) is 0 Å². The summed E-state index contributed by atoms with van der Waals surface area (Å²) in [5, 5.41) is 4.73. The number of piperazine rings is 1. The molecule has 2 aromatic carbocycles. The van der Waals surface area contributed by atoms with Gasteiger partial charge >= 0.3 is 0 Å². The number of thiophene rings is 1. The van der Waals surface area contributed by atoms with E-state index in [4.69, 9.17) is 4.74 Å². The Bertz CT molecular complexity index is 1120. The van der Waals surface area contributed by atoms with Gasteiger partial charge in [0.05, 0.1) is 12.1 Å². The number of hydrogen-bond donors (Lipinski definition) is 0. The van der Waals surface area contributed by atoms with Crippen LogP contribution >= 0.6 is 11.3 Å². The first kappa shape index (κ1) is 19.3. The lowest BCUT2D eigenvalue weighted by Crippen LogP contribution is -2.46. The third kappa shape index (κ3) is 4.27. The molecule has 5 rings (SSSR count). The van der Waals surface area contributed by atoms with Crippen molar-refractivity contribution < 1.29 is 4.74 Å². The predicted molar refractivity (Wildman–Crippen MR) is 127 cm³/mol. The number of benzene rings is 2. The van der Waals surface area contributed by atoms with E-state index in [1.807, 2.05) is 35.7 Å². The SMILES string of the molecule is c1cnc2ccc(OCCCCN3CCN(c4cccc5sccc45)CC3)cc2c1. The van der Waals surface area contributed by atoms with E-state index in [1.165, 1.54) is 22.2 Å². The van der Waals surface area contributed by atoms with Crippen molar-refractivity contribution in [3.8, 4) is 5.75 Å². The maximum absolute atomic E-state index is 5.96. The third-order valence-electron chi connectivity index (χ3n) is 5.90. The summed E-state index contributed by atoms with van der Waals surface area (Å²) in [4.78, 5) is 9.49. The molecule has 1 aliphatic rings. The molecule has 30 heavy (non-hydrogen) atoms. The number of rotatable bonds is 7. The molecular weight excluding hydrogens is 390 g/mol. The van der Waals surface area contributed by atoms with Gasteiger partial charge in [0.2, 0.25) is 0 Å². The maximum atomic E-state index is 5.96. The molecule has 0 saturated carbocycles. The zero-order chi connectivity index (χ0) is 20.2. The first-order valence-corrected chi connectivity index (χ1v) is 11.7.